The summed E-state index contributed by atoms with van der Waals surface area (Å²) in [6.45, 7) is 5.04. The zero-order valence-electron chi connectivity index (χ0n) is 24.2. The number of carboxylic acids is 1. The minimum Gasteiger partial charge on any atom is -0.489 e. The van der Waals surface area contributed by atoms with Crippen LogP contribution in [0.2, 0.25) is 0 Å². The van der Waals surface area contributed by atoms with Crippen LogP contribution in [0.1, 0.15) is 19.5 Å². The van der Waals surface area contributed by atoms with Crippen molar-refractivity contribution in [1.82, 2.24) is 25.4 Å². The van der Waals surface area contributed by atoms with Crippen molar-refractivity contribution in [3.63, 3.8) is 0 Å². The fourth-order valence-electron chi connectivity index (χ4n) is 4.78. The Morgan fingerprint density at radius 2 is 2.09 bits per heavy atom. The average molecular weight is 668 g/mol. The number of anilines is 1. The van der Waals surface area contributed by atoms with Crippen molar-refractivity contribution < 1.29 is 51.0 Å². The van der Waals surface area contributed by atoms with Gasteiger partial charge in [0.1, 0.15) is 24.1 Å². The highest BCUT2D eigenvalue weighted by molar-refractivity contribution is 7.80. The molecule has 2 fully saturated rings. The number of aliphatic carboxylic acids is 1. The number of nitrogens with two attached hydrogens (primary N) is 1. The Labute approximate surface area is 260 Å². The Bertz CT molecular complexity index is 1780. The second kappa shape index (κ2) is 12.2. The molecule has 1 aromatic carbocycles. The van der Waals surface area contributed by atoms with E-state index in [0.29, 0.717) is 16.7 Å². The molecular formula is C25H31N8O10S2+. The van der Waals surface area contributed by atoms with E-state index in [4.69, 9.17) is 19.9 Å². The minimum absolute atomic E-state index is 0.0679. The van der Waals surface area contributed by atoms with Crippen molar-refractivity contribution in [1.29, 1.82) is 0 Å². The highest BCUT2D eigenvalue weighted by Gasteiger charge is 2.58. The number of hydrogen-bond donors (Lipinski definition) is 5. The van der Waals surface area contributed by atoms with E-state index in [-0.39, 0.29) is 10.8 Å². The molecule has 0 unspecified atom stereocenters. The molecule has 3 aromatic rings. The van der Waals surface area contributed by atoms with E-state index in [1.54, 1.807) is 12.1 Å². The van der Waals surface area contributed by atoms with Crippen molar-refractivity contribution >= 4 is 61.3 Å². The van der Waals surface area contributed by atoms with E-state index >= 15 is 0 Å². The number of β-lactam (4-membered cyclic amide) rings is 1. The molecule has 20 heteroatoms. The number of aryl methyl sites for hydroxylation is 1. The first-order valence-corrected chi connectivity index (χ1v) is 15.7. The first-order chi connectivity index (χ1) is 21.1. The van der Waals surface area contributed by atoms with Gasteiger partial charge in [-0.05, 0) is 26.0 Å². The summed E-state index contributed by atoms with van der Waals surface area (Å²) in [6.07, 6.45) is 0.328. The molecule has 2 aromatic heterocycles. The van der Waals surface area contributed by atoms with Gasteiger partial charge in [0.05, 0.1) is 23.7 Å². The summed E-state index contributed by atoms with van der Waals surface area (Å²) in [4.78, 5) is 46.9. The fourth-order valence-corrected chi connectivity index (χ4v) is 5.78. The molecule has 0 spiro atoms. The van der Waals surface area contributed by atoms with Crippen LogP contribution in [0.15, 0.2) is 34.9 Å². The van der Waals surface area contributed by atoms with Gasteiger partial charge >= 0.3 is 16.4 Å². The van der Waals surface area contributed by atoms with Gasteiger partial charge < -0.3 is 31.0 Å². The molecule has 2 atom stereocenters. The number of rotatable bonds is 13. The summed E-state index contributed by atoms with van der Waals surface area (Å²) in [6, 6.07) is 4.01. The van der Waals surface area contributed by atoms with E-state index in [1.807, 2.05) is 24.0 Å². The standard InChI is InChI=1S/C25H30N8O10S2/c1-25(2)20(22(35)33(25)43-45(38,39)40)29-21(34)19(16-12-44-24(26)28-16)30-42-18(23(36)37)11-41-15-4-5-17-14(6-15)10-32(31(17)3)9-13-7-27-8-13/h4-6,10,12-13,18,20,27H,7-9,11H2,1-3H3,(H4-,26,28,29,34,36,37,38,39,40)/p+1/b30-19-/t18-,20+/m0/s1. The van der Waals surface area contributed by atoms with Gasteiger partial charge in [-0.1, -0.05) is 5.16 Å². The van der Waals surface area contributed by atoms with E-state index in [2.05, 4.69) is 29.7 Å². The van der Waals surface area contributed by atoms with Crippen molar-refractivity contribution in [2.45, 2.75) is 38.1 Å². The molecule has 2 aliphatic heterocycles. The van der Waals surface area contributed by atoms with Gasteiger partial charge in [0.2, 0.25) is 5.52 Å². The summed E-state index contributed by atoms with van der Waals surface area (Å²) in [7, 11) is -3.05. The molecule has 18 nitrogen and oxygen atoms in total. The number of amides is 2. The topological polar surface area (TPSA) is 241 Å². The molecule has 242 valence electrons. The highest BCUT2D eigenvalue weighted by Crippen LogP contribution is 2.33. The summed E-state index contributed by atoms with van der Waals surface area (Å²) in [5, 5.41) is 21.8. The summed E-state index contributed by atoms with van der Waals surface area (Å²) < 4.78 is 45.3. The van der Waals surface area contributed by atoms with Crippen LogP contribution in [-0.4, -0.2) is 93.7 Å². The van der Waals surface area contributed by atoms with Gasteiger partial charge in [0.15, 0.2) is 17.9 Å². The van der Waals surface area contributed by atoms with E-state index in [1.165, 1.54) is 19.2 Å². The van der Waals surface area contributed by atoms with Crippen molar-refractivity contribution in [3.05, 3.63) is 35.5 Å². The first kappa shape index (κ1) is 32.0. The third-order valence-electron chi connectivity index (χ3n) is 7.38. The number of fused-ring (bicyclic) bond motifs is 1. The normalized spacial score (nSPS) is 19.1. The Morgan fingerprint density at radius 1 is 1.36 bits per heavy atom. The Hall–Kier alpha value is -4.37. The van der Waals surface area contributed by atoms with Crippen LogP contribution in [0.3, 0.4) is 0 Å². The molecular weight excluding hydrogens is 636 g/mol. The van der Waals surface area contributed by atoms with Crippen LogP contribution in [0.4, 0.5) is 5.13 Å². The van der Waals surface area contributed by atoms with Crippen molar-refractivity contribution in [2.24, 2.45) is 18.1 Å². The van der Waals surface area contributed by atoms with Gasteiger partial charge in [-0.2, -0.15) is 18.2 Å². The molecule has 2 aliphatic rings. The number of hydrogen-bond acceptors (Lipinski definition) is 13. The molecule has 5 rings (SSSR count). The molecule has 0 radical (unpaired) electrons. The number of nitrogens with one attached hydrogen (secondary N) is 2. The second-order valence-electron chi connectivity index (χ2n) is 11.0. The van der Waals surface area contributed by atoms with E-state index in [9.17, 15) is 27.9 Å². The van der Waals surface area contributed by atoms with Gasteiger partial charge in [0, 0.05) is 30.5 Å². The maximum Gasteiger partial charge on any atom is 0.418 e. The zero-order chi connectivity index (χ0) is 32.7. The second-order valence-corrected chi connectivity index (χ2v) is 12.9. The number of oxime groups is 1. The predicted octanol–water partition coefficient (Wildman–Crippen LogP) is -1.18. The van der Waals surface area contributed by atoms with Gasteiger partial charge in [-0.3, -0.25) is 14.1 Å². The Kier molecular flexibility index (Phi) is 8.68. The maximum absolute atomic E-state index is 13.2. The number of ether oxygens (including phenoxy) is 1. The Balaban J connectivity index is 1.29. The molecule has 0 aliphatic carbocycles. The number of benzene rings is 1. The van der Waals surface area contributed by atoms with Crippen molar-refractivity contribution in [3.8, 4) is 5.75 Å². The lowest BCUT2D eigenvalue weighted by Gasteiger charge is -2.50. The first-order valence-electron chi connectivity index (χ1n) is 13.5. The third-order valence-corrected chi connectivity index (χ3v) is 8.39. The molecule has 4 heterocycles. The van der Waals surface area contributed by atoms with Gasteiger partial charge in [-0.25, -0.2) is 9.78 Å². The monoisotopic (exact) mass is 667 g/mol. The van der Waals surface area contributed by atoms with Crippen LogP contribution < -0.4 is 25.8 Å². The number of nitrogen functional groups attached to an aromatic ring is 1. The minimum atomic E-state index is -5.01. The molecule has 45 heavy (non-hydrogen) atoms. The van der Waals surface area contributed by atoms with Crippen molar-refractivity contribution in [2.75, 3.05) is 25.4 Å². The van der Waals surface area contributed by atoms with Gasteiger partial charge in [0.25, 0.3) is 17.9 Å². The van der Waals surface area contributed by atoms with Crippen LogP contribution in [0.25, 0.3) is 10.9 Å². The Morgan fingerprint density at radius 3 is 2.67 bits per heavy atom. The number of carbonyl (C=O) groups excluding carboxylic acids is 2. The lowest BCUT2D eigenvalue weighted by atomic mass is 9.84. The predicted molar refractivity (Wildman–Crippen MR) is 156 cm³/mol. The quantitative estimate of drug-likeness (QED) is 0.0475. The molecule has 0 bridgehead atoms. The number of thiazole rings is 1. The number of carbonyl (C=O) groups is 3. The maximum atomic E-state index is 13.2. The molecule has 2 amide bonds. The van der Waals surface area contributed by atoms with Crippen LogP contribution in [0.5, 0.6) is 5.75 Å². The largest absolute Gasteiger partial charge is 0.489 e. The van der Waals surface area contributed by atoms with E-state index < -0.39 is 58.2 Å². The third kappa shape index (κ3) is 6.83. The summed E-state index contributed by atoms with van der Waals surface area (Å²) >= 11 is 0.968. The van der Waals surface area contributed by atoms with Crippen LogP contribution in [-0.2, 0) is 47.5 Å². The van der Waals surface area contributed by atoms with Crippen LogP contribution >= 0.6 is 11.3 Å². The lowest BCUT2D eigenvalue weighted by Crippen LogP contribution is -2.76. The summed E-state index contributed by atoms with van der Waals surface area (Å²) in [5.74, 6) is -2.50. The zero-order valence-corrected chi connectivity index (χ0v) is 25.9. The average Bonchev–Trinajstić information content (AvgIpc) is 3.50. The SMILES string of the molecule is C[n+]1c2ccc(OC[C@H](O/N=C(\C(=O)N[C@@H]3C(=O)N(OS(=O)(=O)O)C3(C)C)c3csc(N)n3)C(=O)O)cc2cn1CC1CNC1. The number of carboxylic acid groups (broad SMARTS) is 1. The number of hydroxylamine groups is 2. The smallest absolute Gasteiger partial charge is 0.418 e. The molecule has 6 N–H and O–H groups in total. The van der Waals surface area contributed by atoms with E-state index in [0.717, 1.165) is 41.9 Å². The number of nitrogens with zero attached hydrogens (tertiary/aromatic N) is 5. The van der Waals surface area contributed by atoms with Crippen LogP contribution in [0, 0.1) is 5.92 Å². The molecule has 2 saturated heterocycles. The highest BCUT2D eigenvalue weighted by atomic mass is 32.3. The summed E-state index contributed by atoms with van der Waals surface area (Å²) in [5.41, 5.74) is 4.66. The lowest BCUT2D eigenvalue weighted by molar-refractivity contribution is -0.731. The molecule has 0 saturated carbocycles. The van der Waals surface area contributed by atoms with Gasteiger partial charge in [-0.15, -0.1) is 20.3 Å². The fraction of sp³-hybridized carbons (Fsp3) is 0.440. The number of aromatic nitrogens is 3.